The maximum atomic E-state index is 13.8. The van der Waals surface area contributed by atoms with E-state index in [1.54, 1.807) is 31.2 Å². The number of rotatable bonds is 5. The number of benzene rings is 3. The molecule has 0 bridgehead atoms. The molecule has 2 atom stereocenters. The molecule has 2 unspecified atom stereocenters. The number of likely N-dealkylation sites (N-methyl/N-ethyl adjacent to an activating group) is 1. The molecule has 2 heterocycles. The first-order valence-corrected chi connectivity index (χ1v) is 13.7. The SMILES string of the molecule is Cc1nnnn1-c1ccc(C(=O)N2CC(c3ccc(F)cc3)C(N(C)C(=O)N(C)c3cc(C(F)(F)F)cc(C(F)(F)F)c3)C2)cc1. The minimum Gasteiger partial charge on any atom is -0.336 e. The predicted octanol–water partition coefficient (Wildman–Crippen LogP) is 5.94. The summed E-state index contributed by atoms with van der Waals surface area (Å²) in [7, 11) is 2.41. The highest BCUT2D eigenvalue weighted by atomic mass is 19.4. The van der Waals surface area contributed by atoms with Crippen LogP contribution in [0.25, 0.3) is 5.69 Å². The van der Waals surface area contributed by atoms with Crippen molar-refractivity contribution in [3.05, 3.63) is 101 Å². The van der Waals surface area contributed by atoms with Crippen LogP contribution in [0.4, 0.5) is 41.2 Å². The Morgan fingerprint density at radius 1 is 0.848 bits per heavy atom. The van der Waals surface area contributed by atoms with E-state index in [4.69, 9.17) is 0 Å². The molecule has 3 amide bonds. The summed E-state index contributed by atoms with van der Waals surface area (Å²) in [6.07, 6.45) is -10.2. The second-order valence-electron chi connectivity index (χ2n) is 10.8. The molecule has 1 aliphatic rings. The molecule has 5 rings (SSSR count). The van der Waals surface area contributed by atoms with Gasteiger partial charge < -0.3 is 9.80 Å². The lowest BCUT2D eigenvalue weighted by Crippen LogP contribution is -2.47. The van der Waals surface area contributed by atoms with E-state index in [9.17, 15) is 40.3 Å². The molecule has 1 aromatic heterocycles. The van der Waals surface area contributed by atoms with E-state index in [0.717, 1.165) is 7.05 Å². The van der Waals surface area contributed by atoms with Gasteiger partial charge in [0, 0.05) is 44.4 Å². The Kier molecular flexibility index (Phi) is 8.49. The van der Waals surface area contributed by atoms with Crippen LogP contribution in [-0.4, -0.2) is 75.2 Å². The minimum absolute atomic E-state index is 0.0208. The van der Waals surface area contributed by atoms with Crippen LogP contribution in [0.15, 0.2) is 66.7 Å². The molecule has 1 aliphatic heterocycles. The van der Waals surface area contributed by atoms with Crippen molar-refractivity contribution in [2.75, 3.05) is 32.1 Å². The highest BCUT2D eigenvalue weighted by molar-refractivity contribution is 5.95. The van der Waals surface area contributed by atoms with Gasteiger partial charge >= 0.3 is 18.4 Å². The Hall–Kier alpha value is -5.02. The highest BCUT2D eigenvalue weighted by Crippen LogP contribution is 2.39. The fourth-order valence-electron chi connectivity index (χ4n) is 5.40. The van der Waals surface area contributed by atoms with Gasteiger partial charge in [0.15, 0.2) is 5.82 Å². The van der Waals surface area contributed by atoms with Crippen molar-refractivity contribution in [2.45, 2.75) is 31.2 Å². The maximum absolute atomic E-state index is 13.8. The van der Waals surface area contributed by atoms with Crippen molar-refractivity contribution in [2.24, 2.45) is 0 Å². The van der Waals surface area contributed by atoms with Gasteiger partial charge in [-0.25, -0.2) is 9.18 Å². The van der Waals surface area contributed by atoms with Crippen molar-refractivity contribution in [3.63, 3.8) is 0 Å². The number of carbonyl (C=O) groups is 2. The molecule has 0 spiro atoms. The van der Waals surface area contributed by atoms with Crippen LogP contribution in [0.1, 0.15) is 38.8 Å². The monoisotopic (exact) mass is 649 g/mol. The number of hydrogen-bond acceptors (Lipinski definition) is 5. The molecular weight excluding hydrogens is 623 g/mol. The lowest BCUT2D eigenvalue weighted by molar-refractivity contribution is -0.143. The number of halogens is 7. The Morgan fingerprint density at radius 2 is 1.43 bits per heavy atom. The molecule has 0 saturated carbocycles. The molecule has 0 radical (unpaired) electrons. The summed E-state index contributed by atoms with van der Waals surface area (Å²) in [5.41, 5.74) is -2.26. The van der Waals surface area contributed by atoms with Crippen LogP contribution < -0.4 is 4.90 Å². The summed E-state index contributed by atoms with van der Waals surface area (Å²) < 4.78 is 96.2. The van der Waals surface area contributed by atoms with Crippen LogP contribution in [0.3, 0.4) is 0 Å². The van der Waals surface area contributed by atoms with Crippen molar-refractivity contribution in [1.82, 2.24) is 30.0 Å². The number of amides is 3. The molecule has 16 heteroatoms. The van der Waals surface area contributed by atoms with Gasteiger partial charge in [-0.05, 0) is 77.5 Å². The number of likely N-dealkylation sites (tertiary alicyclic amines) is 1. The molecule has 46 heavy (non-hydrogen) atoms. The number of aryl methyl sites for hydroxylation is 1. The van der Waals surface area contributed by atoms with Crippen LogP contribution >= 0.6 is 0 Å². The molecule has 3 aromatic carbocycles. The molecule has 1 saturated heterocycles. The van der Waals surface area contributed by atoms with Gasteiger partial charge in [-0.2, -0.15) is 31.0 Å². The number of tetrazole rings is 1. The van der Waals surface area contributed by atoms with Crippen molar-refractivity contribution >= 4 is 17.6 Å². The van der Waals surface area contributed by atoms with Crippen molar-refractivity contribution < 1.29 is 40.3 Å². The molecule has 4 aromatic rings. The number of hydrogen-bond donors (Lipinski definition) is 0. The smallest absolute Gasteiger partial charge is 0.336 e. The number of alkyl halides is 6. The second kappa shape index (κ2) is 12.1. The third kappa shape index (κ3) is 6.50. The number of nitrogens with zero attached hydrogens (tertiary/aromatic N) is 7. The fourth-order valence-corrected chi connectivity index (χ4v) is 5.40. The summed E-state index contributed by atoms with van der Waals surface area (Å²) in [6.45, 7) is 1.77. The Morgan fingerprint density at radius 3 is 1.96 bits per heavy atom. The van der Waals surface area contributed by atoms with Crippen molar-refractivity contribution in [1.29, 1.82) is 0 Å². The van der Waals surface area contributed by atoms with Crippen LogP contribution in [0, 0.1) is 12.7 Å². The van der Waals surface area contributed by atoms with E-state index in [2.05, 4.69) is 15.5 Å². The first kappa shape index (κ1) is 32.4. The molecule has 0 aliphatic carbocycles. The zero-order chi connectivity index (χ0) is 33.6. The average Bonchev–Trinajstić information content (AvgIpc) is 3.66. The van der Waals surface area contributed by atoms with Gasteiger partial charge in [-0.1, -0.05) is 12.1 Å². The van der Waals surface area contributed by atoms with E-state index >= 15 is 0 Å². The summed E-state index contributed by atoms with van der Waals surface area (Å²) in [5, 5.41) is 11.3. The van der Waals surface area contributed by atoms with Gasteiger partial charge in [-0.15, -0.1) is 5.10 Å². The molecule has 0 N–H and O–H groups in total. The maximum Gasteiger partial charge on any atom is 0.416 e. The van der Waals surface area contributed by atoms with E-state index in [1.807, 2.05) is 0 Å². The lowest BCUT2D eigenvalue weighted by atomic mass is 9.93. The second-order valence-corrected chi connectivity index (χ2v) is 10.8. The Labute approximate surface area is 257 Å². The first-order chi connectivity index (χ1) is 21.5. The van der Waals surface area contributed by atoms with E-state index in [1.165, 1.54) is 45.8 Å². The van der Waals surface area contributed by atoms with Gasteiger partial charge in [0.2, 0.25) is 0 Å². The third-order valence-electron chi connectivity index (χ3n) is 7.90. The number of carbonyl (C=O) groups excluding carboxylic acids is 2. The summed E-state index contributed by atoms with van der Waals surface area (Å²) in [6, 6.07) is 11.1. The number of aromatic nitrogens is 4. The number of urea groups is 1. The van der Waals surface area contributed by atoms with Gasteiger partial charge in [-0.3, -0.25) is 9.69 Å². The Bertz CT molecular complexity index is 1710. The van der Waals surface area contributed by atoms with Crippen molar-refractivity contribution in [3.8, 4) is 5.69 Å². The zero-order valence-corrected chi connectivity index (χ0v) is 24.5. The predicted molar refractivity (Wildman–Crippen MR) is 151 cm³/mol. The average molecular weight is 650 g/mol. The summed E-state index contributed by atoms with van der Waals surface area (Å²) >= 11 is 0. The summed E-state index contributed by atoms with van der Waals surface area (Å²) in [4.78, 5) is 30.5. The molecule has 242 valence electrons. The normalized spacial score (nSPS) is 16.9. The van der Waals surface area contributed by atoms with Crippen LogP contribution in [-0.2, 0) is 12.4 Å². The zero-order valence-electron chi connectivity index (χ0n) is 24.5. The van der Waals surface area contributed by atoms with Gasteiger partial charge in [0.1, 0.15) is 5.82 Å². The minimum atomic E-state index is -5.10. The quantitative estimate of drug-likeness (QED) is 0.250. The lowest BCUT2D eigenvalue weighted by Gasteiger charge is -2.33. The van der Waals surface area contributed by atoms with Gasteiger partial charge in [0.25, 0.3) is 5.91 Å². The van der Waals surface area contributed by atoms with E-state index < -0.39 is 58.9 Å². The van der Waals surface area contributed by atoms with Crippen LogP contribution in [0.5, 0.6) is 0 Å². The summed E-state index contributed by atoms with van der Waals surface area (Å²) in [5.74, 6) is -0.946. The molecular formula is C30H26F7N7O2. The largest absolute Gasteiger partial charge is 0.416 e. The molecule has 9 nitrogen and oxygen atoms in total. The topological polar surface area (TPSA) is 87.5 Å². The Balaban J connectivity index is 1.43. The van der Waals surface area contributed by atoms with Gasteiger partial charge in [0.05, 0.1) is 22.9 Å². The standard InChI is InChI=1S/C30H26F7N7O2/c1-17-38-39-40-44(17)23-10-6-19(7-11-23)27(45)43-15-25(18-4-8-22(31)9-5-18)26(16-43)42(3)28(46)41(2)24-13-20(29(32,33)34)12-21(14-24)30(35,36)37/h4-14,25-26H,15-16H2,1-3H3. The number of anilines is 1. The third-order valence-corrected chi connectivity index (χ3v) is 7.90. The van der Waals surface area contributed by atoms with E-state index in [0.29, 0.717) is 39.7 Å². The molecule has 1 fully saturated rings. The van der Waals surface area contributed by atoms with Crippen LogP contribution in [0.2, 0.25) is 0 Å². The highest BCUT2D eigenvalue weighted by Gasteiger charge is 2.42. The van der Waals surface area contributed by atoms with E-state index in [-0.39, 0.29) is 19.2 Å². The first-order valence-electron chi connectivity index (χ1n) is 13.7. The fraction of sp³-hybridized carbons (Fsp3) is 0.300.